The van der Waals surface area contributed by atoms with Crippen molar-refractivity contribution >= 4 is 27.3 Å². The smallest absolute Gasteiger partial charge is 0.243 e. The van der Waals surface area contributed by atoms with E-state index in [4.69, 9.17) is 0 Å². The summed E-state index contributed by atoms with van der Waals surface area (Å²) in [5, 5.41) is 2.05. The first-order chi connectivity index (χ1) is 13.9. The number of rotatable bonds is 8. The van der Waals surface area contributed by atoms with Gasteiger partial charge in [-0.3, -0.25) is 4.79 Å². The highest BCUT2D eigenvalue weighted by atomic mass is 32.2. The first-order valence-electron chi connectivity index (χ1n) is 10.3. The molecule has 7 heteroatoms. The summed E-state index contributed by atoms with van der Waals surface area (Å²) in [6.45, 7) is 5.89. The molecule has 3 rings (SSSR count). The second-order valence-electron chi connectivity index (χ2n) is 7.60. The van der Waals surface area contributed by atoms with E-state index in [1.54, 1.807) is 28.4 Å². The number of amides is 1. The van der Waals surface area contributed by atoms with Crippen molar-refractivity contribution in [3.63, 3.8) is 0 Å². The molecular weight excluding hydrogens is 404 g/mol. The Morgan fingerprint density at radius 2 is 1.79 bits per heavy atom. The van der Waals surface area contributed by atoms with Crippen molar-refractivity contribution in [2.75, 3.05) is 26.2 Å². The molecule has 1 aromatic heterocycles. The molecule has 1 unspecified atom stereocenters. The van der Waals surface area contributed by atoms with E-state index in [1.165, 1.54) is 9.18 Å². The Morgan fingerprint density at radius 1 is 1.10 bits per heavy atom. The van der Waals surface area contributed by atoms with Crippen LogP contribution < -0.4 is 0 Å². The van der Waals surface area contributed by atoms with Crippen molar-refractivity contribution in [2.45, 2.75) is 50.3 Å². The van der Waals surface area contributed by atoms with E-state index in [2.05, 4.69) is 25.3 Å². The van der Waals surface area contributed by atoms with Gasteiger partial charge in [0.25, 0.3) is 0 Å². The van der Waals surface area contributed by atoms with E-state index >= 15 is 0 Å². The molecule has 1 aliphatic rings. The topological polar surface area (TPSA) is 57.7 Å². The van der Waals surface area contributed by atoms with Gasteiger partial charge in [0.15, 0.2) is 0 Å². The van der Waals surface area contributed by atoms with Gasteiger partial charge in [0, 0.05) is 37.5 Å². The first kappa shape index (κ1) is 22.0. The van der Waals surface area contributed by atoms with Crippen LogP contribution in [0.5, 0.6) is 0 Å². The van der Waals surface area contributed by atoms with Crippen molar-refractivity contribution in [3.8, 4) is 0 Å². The van der Waals surface area contributed by atoms with Crippen LogP contribution in [0, 0.1) is 0 Å². The zero-order valence-corrected chi connectivity index (χ0v) is 18.8. The highest BCUT2D eigenvalue weighted by Gasteiger charge is 2.30. The fourth-order valence-corrected chi connectivity index (χ4v) is 5.73. The molecule has 29 heavy (non-hydrogen) atoms. The van der Waals surface area contributed by atoms with Crippen molar-refractivity contribution < 1.29 is 13.2 Å². The average molecular weight is 435 g/mol. The molecule has 1 fully saturated rings. The largest absolute Gasteiger partial charge is 0.340 e. The summed E-state index contributed by atoms with van der Waals surface area (Å²) in [6, 6.07) is 11.4. The Kier molecular flexibility index (Phi) is 7.49. The molecule has 0 spiro atoms. The van der Waals surface area contributed by atoms with Crippen LogP contribution in [0.2, 0.25) is 0 Å². The Balaban J connectivity index is 1.51. The van der Waals surface area contributed by atoms with Crippen LogP contribution in [0.1, 0.15) is 49.5 Å². The molecule has 1 saturated heterocycles. The lowest BCUT2D eigenvalue weighted by Gasteiger charge is -2.34. The minimum absolute atomic E-state index is 0.122. The Hall–Kier alpha value is -1.70. The number of sulfonamides is 1. The van der Waals surface area contributed by atoms with E-state index in [0.29, 0.717) is 43.4 Å². The molecule has 0 bridgehead atoms. The maximum Gasteiger partial charge on any atom is 0.243 e. The number of benzene rings is 1. The molecule has 1 aromatic carbocycles. The number of carbonyl (C=O) groups excluding carboxylic acids is 1. The van der Waals surface area contributed by atoms with Gasteiger partial charge in [-0.25, -0.2) is 8.42 Å². The van der Waals surface area contributed by atoms with Crippen LogP contribution in [-0.4, -0.2) is 49.7 Å². The summed E-state index contributed by atoms with van der Waals surface area (Å²) in [5.41, 5.74) is 1.16. The first-order valence-corrected chi connectivity index (χ1v) is 12.6. The quantitative estimate of drug-likeness (QED) is 0.628. The van der Waals surface area contributed by atoms with Crippen molar-refractivity contribution in [2.24, 2.45) is 0 Å². The van der Waals surface area contributed by atoms with Crippen LogP contribution >= 0.6 is 11.3 Å². The highest BCUT2D eigenvalue weighted by Crippen LogP contribution is 2.23. The summed E-state index contributed by atoms with van der Waals surface area (Å²) < 4.78 is 27.4. The number of nitrogens with zero attached hydrogens (tertiary/aromatic N) is 2. The predicted molar refractivity (Wildman–Crippen MR) is 118 cm³/mol. The van der Waals surface area contributed by atoms with Crippen LogP contribution in [0.4, 0.5) is 0 Å². The Bertz CT molecular complexity index is 885. The second kappa shape index (κ2) is 9.87. The molecule has 5 nitrogen and oxygen atoms in total. The predicted octanol–water partition coefficient (Wildman–Crippen LogP) is 4.12. The number of hydrogen-bond acceptors (Lipinski definition) is 4. The summed E-state index contributed by atoms with van der Waals surface area (Å²) >= 11 is 1.72. The standard InChI is InChI=1S/C22H30N2O3S2/c1-3-18(2)19-9-11-21(12-10-19)29(26,27)24-15-13-23(14-16-24)22(25)8-4-6-20-7-5-17-28-20/h5,7,9-12,17-18H,3-4,6,8,13-16H2,1-2H3. The second-order valence-corrected chi connectivity index (χ2v) is 10.6. The van der Waals surface area contributed by atoms with Gasteiger partial charge in [-0.15, -0.1) is 11.3 Å². The van der Waals surface area contributed by atoms with Gasteiger partial charge < -0.3 is 4.90 Å². The van der Waals surface area contributed by atoms with Gasteiger partial charge in [0.2, 0.25) is 15.9 Å². The minimum atomic E-state index is -3.51. The molecule has 1 aliphatic heterocycles. The fourth-order valence-electron chi connectivity index (χ4n) is 3.56. The molecule has 2 heterocycles. The number of thiophene rings is 1. The van der Waals surface area contributed by atoms with Gasteiger partial charge in [0.1, 0.15) is 0 Å². The number of piperazine rings is 1. The monoisotopic (exact) mass is 434 g/mol. The van der Waals surface area contributed by atoms with Gasteiger partial charge in [-0.1, -0.05) is 32.0 Å². The maximum absolute atomic E-state index is 12.9. The molecule has 0 N–H and O–H groups in total. The van der Waals surface area contributed by atoms with Gasteiger partial charge in [-0.2, -0.15) is 4.31 Å². The van der Waals surface area contributed by atoms with Gasteiger partial charge >= 0.3 is 0 Å². The molecule has 158 valence electrons. The van der Waals surface area contributed by atoms with E-state index in [1.807, 2.05) is 18.2 Å². The fraction of sp³-hybridized carbons (Fsp3) is 0.500. The maximum atomic E-state index is 12.9. The van der Waals surface area contributed by atoms with E-state index in [9.17, 15) is 13.2 Å². The normalized spacial score (nSPS) is 16.7. The van der Waals surface area contributed by atoms with Crippen LogP contribution in [0.3, 0.4) is 0 Å². The summed E-state index contributed by atoms with van der Waals surface area (Å²) in [7, 11) is -3.51. The third-order valence-corrected chi connectivity index (χ3v) is 8.53. The van der Waals surface area contributed by atoms with Crippen LogP contribution in [-0.2, 0) is 21.2 Å². The summed E-state index contributed by atoms with van der Waals surface area (Å²) in [4.78, 5) is 15.9. The van der Waals surface area contributed by atoms with E-state index in [0.717, 1.165) is 24.8 Å². The highest BCUT2D eigenvalue weighted by molar-refractivity contribution is 7.89. The van der Waals surface area contributed by atoms with Crippen LogP contribution in [0.25, 0.3) is 0 Å². The summed E-state index contributed by atoms with van der Waals surface area (Å²) in [5.74, 6) is 0.539. The summed E-state index contributed by atoms with van der Waals surface area (Å²) in [6.07, 6.45) is 3.29. The SMILES string of the molecule is CCC(C)c1ccc(S(=O)(=O)N2CCN(C(=O)CCCc3cccs3)CC2)cc1. The lowest BCUT2D eigenvalue weighted by Crippen LogP contribution is -2.50. The molecule has 0 aliphatic carbocycles. The zero-order valence-electron chi connectivity index (χ0n) is 17.2. The van der Waals surface area contributed by atoms with Crippen molar-refractivity contribution in [3.05, 3.63) is 52.2 Å². The molecule has 2 aromatic rings. The lowest BCUT2D eigenvalue weighted by atomic mass is 9.99. The lowest BCUT2D eigenvalue weighted by molar-refractivity contribution is -0.132. The molecule has 0 saturated carbocycles. The zero-order chi connectivity index (χ0) is 20.9. The van der Waals surface area contributed by atoms with E-state index in [-0.39, 0.29) is 5.91 Å². The Labute approximate surface area is 178 Å². The average Bonchev–Trinajstić information content (AvgIpc) is 3.27. The third-order valence-electron chi connectivity index (χ3n) is 5.68. The molecular formula is C22H30N2O3S2. The molecule has 0 radical (unpaired) electrons. The number of aryl methyl sites for hydroxylation is 1. The molecule has 1 atom stereocenters. The number of carbonyl (C=O) groups is 1. The Morgan fingerprint density at radius 3 is 2.38 bits per heavy atom. The third kappa shape index (κ3) is 5.47. The van der Waals surface area contributed by atoms with Crippen LogP contribution in [0.15, 0.2) is 46.7 Å². The van der Waals surface area contributed by atoms with Crippen molar-refractivity contribution in [1.82, 2.24) is 9.21 Å². The van der Waals surface area contributed by atoms with Gasteiger partial charge in [-0.05, 0) is 54.3 Å². The minimum Gasteiger partial charge on any atom is -0.340 e. The van der Waals surface area contributed by atoms with Crippen molar-refractivity contribution in [1.29, 1.82) is 0 Å². The number of hydrogen-bond donors (Lipinski definition) is 0. The molecule has 1 amide bonds. The van der Waals surface area contributed by atoms with Gasteiger partial charge in [0.05, 0.1) is 4.90 Å². The van der Waals surface area contributed by atoms with E-state index < -0.39 is 10.0 Å².